The molecule has 386 valence electrons. The Balaban J connectivity index is 3.08. The Hall–Kier alpha value is -5.18. The molecule has 0 aliphatic carbocycles. The molecule has 8 amide bonds. The molecule has 0 saturated carbocycles. The zero-order chi connectivity index (χ0) is 51.7. The molecule has 0 radical (unpaired) electrons. The topological polar surface area (TPSA) is 289 Å². The Kier molecular flexibility index (Phi) is 28.4. The molecule has 1 rings (SSSR count). The molecule has 20 heteroatoms. The average molecular weight is 962 g/mol. The third kappa shape index (κ3) is 22.7. The van der Waals surface area contributed by atoms with Gasteiger partial charge in [0.1, 0.15) is 24.2 Å². The summed E-state index contributed by atoms with van der Waals surface area (Å²) in [6.07, 6.45) is 1.34. The second-order valence-corrected chi connectivity index (χ2v) is 18.6. The standard InChI is InChI=1S/C48H83N9O11/c1-13-15-16-17-18-34-19-21-35(22-20-34)43(61)55-37(27-67-25-29(5)6)45(63)53-32(10)42(60)51-24-38(58)57(12)39(33(11)68-26-30(7)8)46(64)56-41(49)48(66)54-36(23-28(3)4)44(62)52-31(9)40(59)47(65)50-14-2/h19-22,28-33,36-37,39-41,59H,13-18,23-27,49H2,1-12H3,(H,50,65)(H,51,60)(H,52,62)(H,53,63)(H,54,66)(H,55,61)(H,56,64). The number of hydrogen-bond donors (Lipinski definition) is 9. The minimum Gasteiger partial charge on any atom is -0.381 e. The average Bonchev–Trinajstić information content (AvgIpc) is 3.27. The number of aliphatic hydroxyl groups excluding tert-OH is 1. The third-order valence-electron chi connectivity index (χ3n) is 10.7. The van der Waals surface area contributed by atoms with Crippen molar-refractivity contribution in [3.05, 3.63) is 35.4 Å². The number of nitrogens with zero attached hydrogens (tertiary/aromatic N) is 1. The molecule has 10 N–H and O–H groups in total. The van der Waals surface area contributed by atoms with E-state index < -0.39 is 102 Å². The van der Waals surface area contributed by atoms with Crippen molar-refractivity contribution in [2.45, 2.75) is 163 Å². The molecule has 1 aromatic rings. The van der Waals surface area contributed by atoms with E-state index in [1.807, 2.05) is 53.7 Å². The van der Waals surface area contributed by atoms with Crippen molar-refractivity contribution in [3.8, 4) is 0 Å². The van der Waals surface area contributed by atoms with Crippen molar-refractivity contribution in [1.29, 1.82) is 0 Å². The molecular weight excluding hydrogens is 879 g/mol. The van der Waals surface area contributed by atoms with Crippen LogP contribution in [0.4, 0.5) is 0 Å². The Bertz CT molecular complexity index is 1760. The molecule has 8 unspecified atom stereocenters. The monoisotopic (exact) mass is 962 g/mol. The van der Waals surface area contributed by atoms with Crippen LogP contribution < -0.4 is 43.0 Å². The van der Waals surface area contributed by atoms with Gasteiger partial charge in [-0.15, -0.1) is 0 Å². The van der Waals surface area contributed by atoms with E-state index in [-0.39, 0.29) is 43.9 Å². The van der Waals surface area contributed by atoms with Gasteiger partial charge in [-0.05, 0) is 82.4 Å². The van der Waals surface area contributed by atoms with Gasteiger partial charge in [0.25, 0.3) is 17.7 Å². The number of ether oxygens (including phenoxy) is 2. The van der Waals surface area contributed by atoms with E-state index in [2.05, 4.69) is 44.1 Å². The van der Waals surface area contributed by atoms with E-state index in [9.17, 15) is 43.5 Å². The van der Waals surface area contributed by atoms with Crippen molar-refractivity contribution in [1.82, 2.24) is 42.1 Å². The molecule has 0 aliphatic heterocycles. The number of likely N-dealkylation sites (N-methyl/N-ethyl adjacent to an activating group) is 2. The third-order valence-corrected chi connectivity index (χ3v) is 10.7. The van der Waals surface area contributed by atoms with Crippen LogP contribution in [0.2, 0.25) is 0 Å². The molecule has 0 aliphatic rings. The first-order valence-electron chi connectivity index (χ1n) is 24.0. The van der Waals surface area contributed by atoms with Crippen LogP contribution >= 0.6 is 0 Å². The summed E-state index contributed by atoms with van der Waals surface area (Å²) in [4.78, 5) is 107. The Morgan fingerprint density at radius 3 is 1.84 bits per heavy atom. The summed E-state index contributed by atoms with van der Waals surface area (Å²) in [5, 5.41) is 28.0. The van der Waals surface area contributed by atoms with Crippen LogP contribution in [0.5, 0.6) is 0 Å². The van der Waals surface area contributed by atoms with E-state index in [1.54, 1.807) is 26.0 Å². The second-order valence-electron chi connectivity index (χ2n) is 18.6. The summed E-state index contributed by atoms with van der Waals surface area (Å²) < 4.78 is 11.6. The largest absolute Gasteiger partial charge is 0.381 e. The van der Waals surface area contributed by atoms with Crippen LogP contribution in [-0.4, -0.2) is 146 Å². The van der Waals surface area contributed by atoms with Crippen LogP contribution in [0.1, 0.15) is 124 Å². The lowest BCUT2D eigenvalue weighted by atomic mass is 10.0. The van der Waals surface area contributed by atoms with Gasteiger partial charge in [0.2, 0.25) is 29.5 Å². The zero-order valence-electron chi connectivity index (χ0n) is 42.5. The summed E-state index contributed by atoms with van der Waals surface area (Å²) in [6, 6.07) is 1.34. The van der Waals surface area contributed by atoms with Crippen LogP contribution in [0.15, 0.2) is 24.3 Å². The predicted molar refractivity (Wildman–Crippen MR) is 258 cm³/mol. The van der Waals surface area contributed by atoms with Crippen LogP contribution in [0.3, 0.4) is 0 Å². The first-order valence-corrected chi connectivity index (χ1v) is 24.0. The lowest BCUT2D eigenvalue weighted by Gasteiger charge is -2.33. The van der Waals surface area contributed by atoms with Crippen molar-refractivity contribution in [3.63, 3.8) is 0 Å². The van der Waals surface area contributed by atoms with Crippen molar-refractivity contribution < 1.29 is 52.9 Å². The van der Waals surface area contributed by atoms with Gasteiger partial charge in [-0.1, -0.05) is 79.9 Å². The maximum atomic E-state index is 13.8. The number of amides is 8. The predicted octanol–water partition coefficient (Wildman–Crippen LogP) is 1.02. The van der Waals surface area contributed by atoms with Gasteiger partial charge in [0, 0.05) is 32.4 Å². The van der Waals surface area contributed by atoms with E-state index in [4.69, 9.17) is 15.2 Å². The number of carbonyl (C=O) groups is 8. The molecule has 0 aromatic heterocycles. The molecule has 20 nitrogen and oxygen atoms in total. The summed E-state index contributed by atoms with van der Waals surface area (Å²) in [7, 11) is 1.32. The maximum absolute atomic E-state index is 13.8. The number of nitrogens with two attached hydrogens (primary N) is 1. The van der Waals surface area contributed by atoms with Gasteiger partial charge in [0.15, 0.2) is 12.3 Å². The van der Waals surface area contributed by atoms with E-state index in [1.165, 1.54) is 27.3 Å². The number of carbonyl (C=O) groups excluding carboxylic acids is 8. The first-order chi connectivity index (χ1) is 31.9. The van der Waals surface area contributed by atoms with Crippen molar-refractivity contribution in [2.75, 3.05) is 40.0 Å². The fourth-order valence-corrected chi connectivity index (χ4v) is 6.72. The molecule has 68 heavy (non-hydrogen) atoms. The fourth-order valence-electron chi connectivity index (χ4n) is 6.72. The van der Waals surface area contributed by atoms with E-state index in [0.717, 1.165) is 36.1 Å². The number of nitrogens with one attached hydrogen (secondary N) is 7. The van der Waals surface area contributed by atoms with Gasteiger partial charge in [-0.3, -0.25) is 38.4 Å². The number of rotatable bonds is 32. The number of benzene rings is 1. The lowest BCUT2D eigenvalue weighted by Crippen LogP contribution is -2.63. The summed E-state index contributed by atoms with van der Waals surface area (Å²) in [6.45, 7) is 19.6. The first kappa shape index (κ1) is 60.8. The summed E-state index contributed by atoms with van der Waals surface area (Å²) >= 11 is 0. The number of hydrogen-bond acceptors (Lipinski definition) is 12. The highest BCUT2D eigenvalue weighted by Gasteiger charge is 2.36. The van der Waals surface area contributed by atoms with Crippen molar-refractivity contribution in [2.24, 2.45) is 23.5 Å². The second kappa shape index (κ2) is 31.8. The molecule has 0 fully saturated rings. The number of aryl methyl sites for hydroxylation is 1. The minimum absolute atomic E-state index is 0.0474. The number of aliphatic hydroxyl groups is 1. The maximum Gasteiger partial charge on any atom is 0.258 e. The van der Waals surface area contributed by atoms with Crippen LogP contribution in [-0.2, 0) is 49.5 Å². The van der Waals surface area contributed by atoms with Crippen LogP contribution in [0.25, 0.3) is 0 Å². The molecule has 1 aromatic carbocycles. The minimum atomic E-state index is -1.70. The van der Waals surface area contributed by atoms with Gasteiger partial charge in [0.05, 0.1) is 25.3 Å². The molecule has 8 atom stereocenters. The fraction of sp³-hybridized carbons (Fsp3) is 0.708. The van der Waals surface area contributed by atoms with Gasteiger partial charge in [-0.2, -0.15) is 0 Å². The molecule has 0 saturated heterocycles. The highest BCUT2D eigenvalue weighted by atomic mass is 16.5. The van der Waals surface area contributed by atoms with Crippen molar-refractivity contribution >= 4 is 47.3 Å². The van der Waals surface area contributed by atoms with Crippen LogP contribution in [0, 0.1) is 17.8 Å². The highest BCUT2D eigenvalue weighted by Crippen LogP contribution is 2.13. The Morgan fingerprint density at radius 1 is 0.647 bits per heavy atom. The van der Waals surface area contributed by atoms with Gasteiger partial charge in [-0.25, -0.2) is 0 Å². The highest BCUT2D eigenvalue weighted by molar-refractivity contribution is 5.99. The molecular formula is C48H83N9O11. The molecule has 0 spiro atoms. The molecule has 0 heterocycles. The Labute approximate surface area is 403 Å². The van der Waals surface area contributed by atoms with Gasteiger partial charge >= 0.3 is 0 Å². The smallest absolute Gasteiger partial charge is 0.258 e. The normalized spacial score (nSPS) is 14.9. The van der Waals surface area contributed by atoms with Gasteiger partial charge < -0.3 is 62.4 Å². The van der Waals surface area contributed by atoms with E-state index in [0.29, 0.717) is 12.2 Å². The Morgan fingerprint density at radius 2 is 1.26 bits per heavy atom. The zero-order valence-corrected chi connectivity index (χ0v) is 42.5. The summed E-state index contributed by atoms with van der Waals surface area (Å²) in [5.74, 6) is -5.72. The molecule has 0 bridgehead atoms. The summed E-state index contributed by atoms with van der Waals surface area (Å²) in [5.41, 5.74) is 7.60. The SMILES string of the molecule is CCCCCCc1ccc(C(=O)NC(COCC(C)C)C(=O)NC(C)C(=O)NCC(=O)N(C)C(C(=O)NC(N)C(=O)NC(CC(C)C)C(=O)NC(C)C(O)C(=O)NCC)C(C)OCC(C)C)cc1. The lowest BCUT2D eigenvalue weighted by molar-refractivity contribution is -0.146. The van der Waals surface area contributed by atoms with E-state index >= 15 is 0 Å². The number of unbranched alkanes of at least 4 members (excludes halogenated alkanes) is 3. The quantitative estimate of drug-likeness (QED) is 0.0362.